The molecule has 1 fully saturated rings. The number of Topliss-reactive ketones (excluding diaryl/α,β-unsaturated/α-hetero) is 1. The standard InChI is InChI=1S/C12H22O2/c1-11(2)8-9(11)10(13)6-7-12(3,4)14-5/h9H,6-8H2,1-5H3. The summed E-state index contributed by atoms with van der Waals surface area (Å²) < 4.78 is 5.29. The van der Waals surface area contributed by atoms with E-state index in [1.54, 1.807) is 7.11 Å². The Morgan fingerprint density at radius 1 is 1.50 bits per heavy atom. The summed E-state index contributed by atoms with van der Waals surface area (Å²) in [6, 6.07) is 0. The van der Waals surface area contributed by atoms with Gasteiger partial charge in [-0.1, -0.05) is 13.8 Å². The molecule has 82 valence electrons. The summed E-state index contributed by atoms with van der Waals surface area (Å²) in [5.74, 6) is 0.732. The van der Waals surface area contributed by atoms with E-state index in [2.05, 4.69) is 13.8 Å². The zero-order chi connectivity index (χ0) is 11.0. The van der Waals surface area contributed by atoms with Crippen molar-refractivity contribution in [2.45, 2.75) is 52.6 Å². The fraction of sp³-hybridized carbons (Fsp3) is 0.917. The molecule has 0 N–H and O–H groups in total. The highest BCUT2D eigenvalue weighted by Crippen LogP contribution is 2.52. The molecule has 2 nitrogen and oxygen atoms in total. The van der Waals surface area contributed by atoms with Crippen LogP contribution in [0.15, 0.2) is 0 Å². The summed E-state index contributed by atoms with van der Waals surface area (Å²) in [4.78, 5) is 11.7. The summed E-state index contributed by atoms with van der Waals surface area (Å²) in [5, 5.41) is 0. The second-order valence-electron chi connectivity index (χ2n) is 5.68. The lowest BCUT2D eigenvalue weighted by molar-refractivity contribution is -0.122. The van der Waals surface area contributed by atoms with Gasteiger partial charge in [0.15, 0.2) is 0 Å². The molecule has 2 heteroatoms. The number of methoxy groups -OCH3 is 1. The minimum atomic E-state index is -0.158. The van der Waals surface area contributed by atoms with Crippen LogP contribution in [-0.2, 0) is 9.53 Å². The lowest BCUT2D eigenvalue weighted by Gasteiger charge is -2.22. The number of carbonyl (C=O) groups is 1. The third-order valence-corrected chi connectivity index (χ3v) is 3.43. The molecule has 0 aromatic rings. The van der Waals surface area contributed by atoms with E-state index in [-0.39, 0.29) is 11.0 Å². The minimum absolute atomic E-state index is 0.158. The van der Waals surface area contributed by atoms with Crippen LogP contribution in [0.1, 0.15) is 47.0 Å². The highest BCUT2D eigenvalue weighted by molar-refractivity contribution is 5.84. The molecular formula is C12H22O2. The van der Waals surface area contributed by atoms with Crippen molar-refractivity contribution in [3.8, 4) is 0 Å². The van der Waals surface area contributed by atoms with E-state index < -0.39 is 0 Å². The van der Waals surface area contributed by atoms with Crippen LogP contribution in [0.2, 0.25) is 0 Å². The van der Waals surface area contributed by atoms with Crippen LogP contribution in [0.3, 0.4) is 0 Å². The van der Waals surface area contributed by atoms with Crippen LogP contribution in [0.25, 0.3) is 0 Å². The molecule has 0 radical (unpaired) electrons. The molecule has 1 aliphatic carbocycles. The van der Waals surface area contributed by atoms with E-state index in [9.17, 15) is 4.79 Å². The number of ketones is 1. The quantitative estimate of drug-likeness (QED) is 0.679. The molecule has 0 saturated heterocycles. The number of ether oxygens (including phenoxy) is 1. The van der Waals surface area contributed by atoms with Crippen LogP contribution < -0.4 is 0 Å². The maximum atomic E-state index is 11.7. The largest absolute Gasteiger partial charge is 0.379 e. The Balaban J connectivity index is 2.30. The van der Waals surface area contributed by atoms with Gasteiger partial charge in [-0.2, -0.15) is 0 Å². The topological polar surface area (TPSA) is 26.3 Å². The van der Waals surface area contributed by atoms with Gasteiger partial charge in [0.05, 0.1) is 5.60 Å². The van der Waals surface area contributed by atoms with Crippen LogP contribution in [0.4, 0.5) is 0 Å². The Morgan fingerprint density at radius 3 is 2.36 bits per heavy atom. The molecule has 1 rings (SSSR count). The summed E-state index contributed by atoms with van der Waals surface area (Å²) in [6.07, 6.45) is 2.56. The Labute approximate surface area is 87.0 Å². The number of hydrogen-bond donors (Lipinski definition) is 0. The van der Waals surface area contributed by atoms with Gasteiger partial charge in [0.25, 0.3) is 0 Å². The van der Waals surface area contributed by atoms with Gasteiger partial charge in [-0.3, -0.25) is 4.79 Å². The number of carbonyl (C=O) groups excluding carboxylic acids is 1. The predicted molar refractivity (Wildman–Crippen MR) is 57.2 cm³/mol. The Bertz CT molecular complexity index is 228. The molecule has 0 aromatic carbocycles. The van der Waals surface area contributed by atoms with Crippen LogP contribution in [0.5, 0.6) is 0 Å². The van der Waals surface area contributed by atoms with Crippen molar-refractivity contribution in [3.63, 3.8) is 0 Å². The van der Waals surface area contributed by atoms with Crippen LogP contribution in [-0.4, -0.2) is 18.5 Å². The van der Waals surface area contributed by atoms with Gasteiger partial charge in [-0.05, 0) is 32.1 Å². The van der Waals surface area contributed by atoms with Gasteiger partial charge >= 0.3 is 0 Å². The van der Waals surface area contributed by atoms with Crippen molar-refractivity contribution in [1.29, 1.82) is 0 Å². The number of rotatable bonds is 5. The third-order valence-electron chi connectivity index (χ3n) is 3.43. The minimum Gasteiger partial charge on any atom is -0.379 e. The van der Waals surface area contributed by atoms with Crippen molar-refractivity contribution < 1.29 is 9.53 Å². The molecule has 0 aromatic heterocycles. The Kier molecular flexibility index (Phi) is 3.05. The van der Waals surface area contributed by atoms with Gasteiger partial charge in [0, 0.05) is 19.4 Å². The molecule has 1 saturated carbocycles. The molecule has 14 heavy (non-hydrogen) atoms. The molecule has 0 aliphatic heterocycles. The number of hydrogen-bond acceptors (Lipinski definition) is 2. The maximum Gasteiger partial charge on any atom is 0.136 e. The first kappa shape index (κ1) is 11.7. The molecule has 0 amide bonds. The van der Waals surface area contributed by atoms with Crippen molar-refractivity contribution in [1.82, 2.24) is 0 Å². The molecule has 0 heterocycles. The summed E-state index contributed by atoms with van der Waals surface area (Å²) in [6.45, 7) is 8.38. The predicted octanol–water partition coefficient (Wildman–Crippen LogP) is 2.81. The van der Waals surface area contributed by atoms with Gasteiger partial charge < -0.3 is 4.74 Å². The zero-order valence-electron chi connectivity index (χ0n) is 10.0. The summed E-state index contributed by atoms with van der Waals surface area (Å²) in [5.41, 5.74) is 0.114. The molecule has 1 aliphatic rings. The normalized spacial score (nSPS) is 24.8. The summed E-state index contributed by atoms with van der Waals surface area (Å²) >= 11 is 0. The Morgan fingerprint density at radius 2 is 2.00 bits per heavy atom. The van der Waals surface area contributed by atoms with E-state index in [4.69, 9.17) is 4.74 Å². The van der Waals surface area contributed by atoms with Crippen molar-refractivity contribution in [2.24, 2.45) is 11.3 Å². The third kappa shape index (κ3) is 2.81. The molecule has 0 spiro atoms. The first-order valence-corrected chi connectivity index (χ1v) is 5.36. The zero-order valence-corrected chi connectivity index (χ0v) is 10.0. The maximum absolute atomic E-state index is 11.7. The van der Waals surface area contributed by atoms with Gasteiger partial charge in [-0.15, -0.1) is 0 Å². The first-order chi connectivity index (χ1) is 6.28. The molecular weight excluding hydrogens is 176 g/mol. The second kappa shape index (κ2) is 3.65. The van der Waals surface area contributed by atoms with E-state index in [1.165, 1.54) is 0 Å². The highest BCUT2D eigenvalue weighted by atomic mass is 16.5. The second-order valence-corrected chi connectivity index (χ2v) is 5.68. The van der Waals surface area contributed by atoms with E-state index in [1.807, 2.05) is 13.8 Å². The monoisotopic (exact) mass is 198 g/mol. The van der Waals surface area contributed by atoms with Crippen molar-refractivity contribution in [3.05, 3.63) is 0 Å². The highest BCUT2D eigenvalue weighted by Gasteiger charge is 2.49. The smallest absolute Gasteiger partial charge is 0.136 e. The average molecular weight is 198 g/mol. The lowest BCUT2D eigenvalue weighted by Crippen LogP contribution is -2.24. The first-order valence-electron chi connectivity index (χ1n) is 5.36. The fourth-order valence-electron chi connectivity index (χ4n) is 1.72. The molecule has 1 atom stereocenters. The summed E-state index contributed by atoms with van der Waals surface area (Å²) in [7, 11) is 1.70. The van der Waals surface area contributed by atoms with Crippen molar-refractivity contribution in [2.75, 3.05) is 7.11 Å². The lowest BCUT2D eigenvalue weighted by atomic mass is 9.97. The Hall–Kier alpha value is -0.370. The van der Waals surface area contributed by atoms with E-state index in [0.717, 1.165) is 12.8 Å². The molecule has 0 bridgehead atoms. The fourth-order valence-corrected chi connectivity index (χ4v) is 1.72. The SMILES string of the molecule is COC(C)(C)CCC(=O)C1CC1(C)C. The van der Waals surface area contributed by atoms with Crippen molar-refractivity contribution >= 4 is 5.78 Å². The van der Waals surface area contributed by atoms with Gasteiger partial charge in [-0.25, -0.2) is 0 Å². The average Bonchev–Trinajstić information content (AvgIpc) is 2.71. The van der Waals surface area contributed by atoms with E-state index in [0.29, 0.717) is 18.1 Å². The van der Waals surface area contributed by atoms with Crippen LogP contribution in [0, 0.1) is 11.3 Å². The van der Waals surface area contributed by atoms with Gasteiger partial charge in [0.1, 0.15) is 5.78 Å². The van der Waals surface area contributed by atoms with E-state index >= 15 is 0 Å². The van der Waals surface area contributed by atoms with Gasteiger partial charge in [0.2, 0.25) is 0 Å². The molecule has 1 unspecified atom stereocenters. The van der Waals surface area contributed by atoms with Crippen LogP contribution >= 0.6 is 0 Å².